The molecule has 0 amide bonds. The number of rotatable bonds is 6. The van der Waals surface area contributed by atoms with E-state index in [0.29, 0.717) is 18.1 Å². The molecule has 0 atom stereocenters. The third-order valence-corrected chi connectivity index (χ3v) is 2.94. The van der Waals surface area contributed by atoms with Gasteiger partial charge in [-0.2, -0.15) is 0 Å². The molecule has 0 aliphatic rings. The van der Waals surface area contributed by atoms with Crippen LogP contribution in [-0.2, 0) is 6.54 Å². The average molecular weight is 346 g/mol. The van der Waals surface area contributed by atoms with E-state index < -0.39 is 6.36 Å². The van der Waals surface area contributed by atoms with Crippen LogP contribution in [0.5, 0.6) is 5.75 Å². The quantitative estimate of drug-likeness (QED) is 0.421. The lowest BCUT2D eigenvalue weighted by atomic mass is 10.1. The highest BCUT2D eigenvalue weighted by Gasteiger charge is 2.31. The van der Waals surface area contributed by atoms with Crippen LogP contribution in [0.1, 0.15) is 26.3 Å². The number of nitrogens with zero attached hydrogens (tertiary/aromatic N) is 1. The van der Waals surface area contributed by atoms with Crippen molar-refractivity contribution in [2.75, 3.05) is 20.1 Å². The first-order valence-corrected chi connectivity index (χ1v) is 7.64. The van der Waals surface area contributed by atoms with E-state index in [-0.39, 0.29) is 17.8 Å². The number of hydrogen-bond acceptors (Lipinski definition) is 3. The molecule has 8 heteroatoms. The maximum absolute atomic E-state index is 12.4. The van der Waals surface area contributed by atoms with Crippen LogP contribution in [0.25, 0.3) is 0 Å². The molecular formula is C16H25F3N4O. The summed E-state index contributed by atoms with van der Waals surface area (Å²) in [7, 11) is 1.60. The molecule has 1 aromatic rings. The van der Waals surface area contributed by atoms with Gasteiger partial charge in [0.05, 0.1) is 0 Å². The molecule has 1 rings (SSSR count). The molecule has 0 saturated carbocycles. The van der Waals surface area contributed by atoms with E-state index in [1.165, 1.54) is 12.1 Å². The highest BCUT2D eigenvalue weighted by atomic mass is 19.4. The Labute approximate surface area is 140 Å². The zero-order valence-electron chi connectivity index (χ0n) is 14.4. The topological polar surface area (TPSA) is 57.7 Å². The minimum Gasteiger partial charge on any atom is -0.405 e. The van der Waals surface area contributed by atoms with Gasteiger partial charge in [-0.25, -0.2) is 0 Å². The van der Waals surface area contributed by atoms with Crippen LogP contribution in [0.3, 0.4) is 0 Å². The van der Waals surface area contributed by atoms with E-state index in [4.69, 9.17) is 0 Å². The molecule has 1 aromatic carbocycles. The number of alkyl halides is 3. The molecule has 0 heterocycles. The maximum atomic E-state index is 12.4. The zero-order valence-corrected chi connectivity index (χ0v) is 14.4. The summed E-state index contributed by atoms with van der Waals surface area (Å²) in [5, 5.41) is 9.39. The van der Waals surface area contributed by atoms with E-state index in [1.807, 2.05) is 0 Å². The standard InChI is InChI=1S/C16H25F3N4O/c1-15(2,3)23-10-9-21-14(20-4)22-11-12-7-5-6-8-13(12)24-16(17,18)19/h5-8,23H,9-11H2,1-4H3,(H2,20,21,22). The molecule has 136 valence electrons. The summed E-state index contributed by atoms with van der Waals surface area (Å²) in [5.74, 6) is 0.287. The molecule has 0 saturated heterocycles. The highest BCUT2D eigenvalue weighted by molar-refractivity contribution is 5.79. The number of ether oxygens (including phenoxy) is 1. The van der Waals surface area contributed by atoms with Gasteiger partial charge in [0, 0.05) is 37.8 Å². The summed E-state index contributed by atoms with van der Waals surface area (Å²) in [6, 6.07) is 6.01. The van der Waals surface area contributed by atoms with Crippen LogP contribution < -0.4 is 20.7 Å². The van der Waals surface area contributed by atoms with Gasteiger partial charge in [-0.05, 0) is 26.8 Å². The number of aliphatic imine (C=N–C) groups is 1. The van der Waals surface area contributed by atoms with E-state index in [2.05, 4.69) is 46.5 Å². The summed E-state index contributed by atoms with van der Waals surface area (Å²) in [4.78, 5) is 4.04. The first kappa shape index (κ1) is 20.1. The summed E-state index contributed by atoms with van der Waals surface area (Å²) in [6.07, 6.45) is -4.71. The van der Waals surface area contributed by atoms with Gasteiger partial charge in [-0.15, -0.1) is 13.2 Å². The lowest BCUT2D eigenvalue weighted by molar-refractivity contribution is -0.274. The minimum absolute atomic E-state index is 0.0203. The Balaban J connectivity index is 2.52. The Bertz CT molecular complexity index is 539. The van der Waals surface area contributed by atoms with Gasteiger partial charge in [-0.3, -0.25) is 4.99 Å². The molecule has 0 aliphatic heterocycles. The molecule has 0 fully saturated rings. The number of para-hydroxylation sites is 1. The van der Waals surface area contributed by atoms with Crippen LogP contribution in [0.15, 0.2) is 29.3 Å². The fourth-order valence-electron chi connectivity index (χ4n) is 1.89. The predicted molar refractivity (Wildman–Crippen MR) is 89.1 cm³/mol. The molecular weight excluding hydrogens is 321 g/mol. The summed E-state index contributed by atoms with van der Waals surface area (Å²) < 4.78 is 41.2. The number of benzene rings is 1. The van der Waals surface area contributed by atoms with Crippen molar-refractivity contribution in [2.45, 2.75) is 39.2 Å². The Hall–Kier alpha value is -1.96. The Kier molecular flexibility index (Phi) is 7.34. The van der Waals surface area contributed by atoms with Crippen LogP contribution in [-0.4, -0.2) is 38.0 Å². The summed E-state index contributed by atoms with van der Waals surface area (Å²) >= 11 is 0. The molecule has 3 N–H and O–H groups in total. The molecule has 0 unspecified atom stereocenters. The van der Waals surface area contributed by atoms with Crippen molar-refractivity contribution in [3.8, 4) is 5.75 Å². The van der Waals surface area contributed by atoms with E-state index in [9.17, 15) is 13.2 Å². The second-order valence-corrected chi connectivity index (χ2v) is 6.18. The largest absolute Gasteiger partial charge is 0.573 e. The molecule has 0 spiro atoms. The van der Waals surface area contributed by atoms with Crippen molar-refractivity contribution in [2.24, 2.45) is 4.99 Å². The van der Waals surface area contributed by atoms with Crippen molar-refractivity contribution >= 4 is 5.96 Å². The van der Waals surface area contributed by atoms with Crippen LogP contribution >= 0.6 is 0 Å². The molecule has 0 bridgehead atoms. The third-order valence-electron chi connectivity index (χ3n) is 2.94. The van der Waals surface area contributed by atoms with E-state index in [1.54, 1.807) is 19.2 Å². The fraction of sp³-hybridized carbons (Fsp3) is 0.562. The molecule has 5 nitrogen and oxygen atoms in total. The first-order chi connectivity index (χ1) is 11.1. The molecule has 24 heavy (non-hydrogen) atoms. The molecule has 0 aliphatic carbocycles. The van der Waals surface area contributed by atoms with E-state index in [0.717, 1.165) is 6.54 Å². The van der Waals surface area contributed by atoms with Crippen molar-refractivity contribution < 1.29 is 17.9 Å². The number of guanidine groups is 1. The maximum Gasteiger partial charge on any atom is 0.573 e. The smallest absolute Gasteiger partial charge is 0.405 e. The molecule has 0 aromatic heterocycles. The van der Waals surface area contributed by atoms with Gasteiger partial charge in [-0.1, -0.05) is 18.2 Å². The Morgan fingerprint density at radius 2 is 1.75 bits per heavy atom. The average Bonchev–Trinajstić information content (AvgIpc) is 2.45. The second kappa shape index (κ2) is 8.77. The lowest BCUT2D eigenvalue weighted by Gasteiger charge is -2.21. The van der Waals surface area contributed by atoms with Crippen molar-refractivity contribution in [3.05, 3.63) is 29.8 Å². The van der Waals surface area contributed by atoms with Gasteiger partial charge in [0.15, 0.2) is 5.96 Å². The Morgan fingerprint density at radius 1 is 1.08 bits per heavy atom. The highest BCUT2D eigenvalue weighted by Crippen LogP contribution is 2.25. The van der Waals surface area contributed by atoms with Gasteiger partial charge >= 0.3 is 6.36 Å². The van der Waals surface area contributed by atoms with Crippen molar-refractivity contribution in [1.82, 2.24) is 16.0 Å². The van der Waals surface area contributed by atoms with Gasteiger partial charge < -0.3 is 20.7 Å². The number of nitrogens with one attached hydrogen (secondary N) is 3. The summed E-state index contributed by atoms with van der Waals surface area (Å²) in [5.41, 5.74) is 0.414. The predicted octanol–water partition coefficient (Wildman–Crippen LogP) is 2.64. The Morgan fingerprint density at radius 3 is 2.33 bits per heavy atom. The lowest BCUT2D eigenvalue weighted by Crippen LogP contribution is -2.44. The van der Waals surface area contributed by atoms with Crippen LogP contribution in [0.2, 0.25) is 0 Å². The van der Waals surface area contributed by atoms with Gasteiger partial charge in [0.2, 0.25) is 0 Å². The van der Waals surface area contributed by atoms with Crippen LogP contribution in [0, 0.1) is 0 Å². The summed E-state index contributed by atoms with van der Waals surface area (Å²) in [6.45, 7) is 7.74. The number of halogens is 3. The number of hydrogen-bond donors (Lipinski definition) is 3. The van der Waals surface area contributed by atoms with E-state index >= 15 is 0 Å². The fourth-order valence-corrected chi connectivity index (χ4v) is 1.89. The SMILES string of the molecule is CN=C(NCCNC(C)(C)C)NCc1ccccc1OC(F)(F)F. The second-order valence-electron chi connectivity index (χ2n) is 6.18. The van der Waals surface area contributed by atoms with Crippen LogP contribution in [0.4, 0.5) is 13.2 Å². The normalized spacial score (nSPS) is 12.9. The minimum atomic E-state index is -4.71. The van der Waals surface area contributed by atoms with Crippen molar-refractivity contribution in [1.29, 1.82) is 0 Å². The zero-order chi connectivity index (χ0) is 18.2. The van der Waals surface area contributed by atoms with Crippen molar-refractivity contribution in [3.63, 3.8) is 0 Å². The third kappa shape index (κ3) is 8.61. The van der Waals surface area contributed by atoms with Gasteiger partial charge in [0.25, 0.3) is 0 Å². The van der Waals surface area contributed by atoms with Gasteiger partial charge in [0.1, 0.15) is 5.75 Å². The molecule has 0 radical (unpaired) electrons. The monoisotopic (exact) mass is 346 g/mol. The first-order valence-electron chi connectivity index (χ1n) is 7.64.